The number of guanidine groups is 1. The summed E-state index contributed by atoms with van der Waals surface area (Å²) in [5.74, 6) is 1.94. The molecule has 1 N–H and O–H groups in total. The molecule has 5 nitrogen and oxygen atoms in total. The molecule has 5 heteroatoms. The maximum atomic E-state index is 4.98. The molecule has 140 valence electrons. The molecule has 0 bridgehead atoms. The lowest BCUT2D eigenvalue weighted by Crippen LogP contribution is -2.49. The van der Waals surface area contributed by atoms with Crippen molar-refractivity contribution >= 4 is 23.1 Å². The Labute approximate surface area is 160 Å². The van der Waals surface area contributed by atoms with Crippen molar-refractivity contribution in [2.75, 3.05) is 16.8 Å². The highest BCUT2D eigenvalue weighted by Gasteiger charge is 2.35. The molecule has 0 aliphatic carbocycles. The Bertz CT molecular complexity index is 993. The number of hydrogen-bond acceptors (Lipinski definition) is 2. The van der Waals surface area contributed by atoms with Crippen LogP contribution in [0.25, 0.3) is 16.9 Å². The van der Waals surface area contributed by atoms with Gasteiger partial charge in [-0.25, -0.2) is 4.98 Å². The van der Waals surface area contributed by atoms with Crippen molar-refractivity contribution in [1.82, 2.24) is 9.38 Å². The van der Waals surface area contributed by atoms with E-state index in [0.29, 0.717) is 0 Å². The first-order valence-electron chi connectivity index (χ1n) is 9.69. The Morgan fingerprint density at radius 3 is 2.63 bits per heavy atom. The van der Waals surface area contributed by atoms with Gasteiger partial charge >= 0.3 is 0 Å². The molecule has 0 fully saturated rings. The molecule has 0 atom stereocenters. The van der Waals surface area contributed by atoms with E-state index in [1.807, 2.05) is 12.1 Å². The van der Waals surface area contributed by atoms with E-state index < -0.39 is 0 Å². The normalized spacial score (nSPS) is 15.4. The van der Waals surface area contributed by atoms with E-state index in [4.69, 9.17) is 9.98 Å². The predicted molar refractivity (Wildman–Crippen MR) is 114 cm³/mol. The van der Waals surface area contributed by atoms with Crippen LogP contribution in [0.1, 0.15) is 40.5 Å². The second-order valence-electron chi connectivity index (χ2n) is 7.95. The summed E-state index contributed by atoms with van der Waals surface area (Å²) >= 11 is 0. The van der Waals surface area contributed by atoms with Crippen LogP contribution in [0.15, 0.2) is 53.7 Å². The van der Waals surface area contributed by atoms with Crippen molar-refractivity contribution in [1.29, 1.82) is 0 Å². The average molecular weight is 361 g/mol. The van der Waals surface area contributed by atoms with Gasteiger partial charge in [-0.3, -0.25) is 14.3 Å². The van der Waals surface area contributed by atoms with Gasteiger partial charge in [0.2, 0.25) is 5.96 Å². The second kappa shape index (κ2) is 6.72. The summed E-state index contributed by atoms with van der Waals surface area (Å²) in [5, 5.41) is 3.60. The molecule has 1 aliphatic rings. The Balaban J connectivity index is 2.03. The maximum absolute atomic E-state index is 4.98. The predicted octanol–water partition coefficient (Wildman–Crippen LogP) is 5.19. The van der Waals surface area contributed by atoms with Crippen molar-refractivity contribution in [2.24, 2.45) is 4.99 Å². The lowest BCUT2D eigenvalue weighted by molar-refractivity contribution is 0.564. The third-order valence-electron chi connectivity index (χ3n) is 4.80. The molecule has 3 heterocycles. The molecule has 27 heavy (non-hydrogen) atoms. The molecule has 0 radical (unpaired) electrons. The van der Waals surface area contributed by atoms with E-state index in [1.54, 1.807) is 0 Å². The number of unbranched alkanes of at least 4 members (excludes halogenated alkanes) is 1. The highest BCUT2D eigenvalue weighted by molar-refractivity contribution is 6.12. The van der Waals surface area contributed by atoms with E-state index >= 15 is 0 Å². The number of benzene rings is 1. The SMILES string of the molecule is CCCCN=C1Nc2ccccc2-c2nc3ccccn3c2N1C(C)(C)C. The van der Waals surface area contributed by atoms with Crippen LogP contribution in [0.4, 0.5) is 11.5 Å². The minimum absolute atomic E-state index is 0.166. The summed E-state index contributed by atoms with van der Waals surface area (Å²) in [4.78, 5) is 12.2. The number of aliphatic imine (C=N–C) groups is 1. The van der Waals surface area contributed by atoms with Gasteiger partial charge in [0.25, 0.3) is 0 Å². The van der Waals surface area contributed by atoms with Crippen LogP contribution in [0, 0.1) is 0 Å². The van der Waals surface area contributed by atoms with Gasteiger partial charge in [0.1, 0.15) is 17.2 Å². The van der Waals surface area contributed by atoms with Gasteiger partial charge in [-0.1, -0.05) is 37.6 Å². The van der Waals surface area contributed by atoms with Crippen LogP contribution in [0.2, 0.25) is 0 Å². The number of fused-ring (bicyclic) bond motifs is 5. The first-order chi connectivity index (χ1) is 13.0. The largest absolute Gasteiger partial charge is 0.325 e. The molecular formula is C22H27N5. The number of aromatic nitrogens is 2. The van der Waals surface area contributed by atoms with Gasteiger partial charge in [0.05, 0.1) is 5.69 Å². The maximum Gasteiger partial charge on any atom is 0.204 e. The minimum atomic E-state index is -0.166. The summed E-state index contributed by atoms with van der Waals surface area (Å²) in [5.41, 5.74) is 3.91. The van der Waals surface area contributed by atoms with E-state index in [-0.39, 0.29) is 5.54 Å². The first kappa shape index (κ1) is 17.6. The summed E-state index contributed by atoms with van der Waals surface area (Å²) < 4.78 is 2.17. The number of pyridine rings is 1. The molecule has 0 unspecified atom stereocenters. The number of para-hydroxylation sites is 1. The van der Waals surface area contributed by atoms with Crippen molar-refractivity contribution < 1.29 is 0 Å². The Kier molecular flexibility index (Phi) is 4.38. The van der Waals surface area contributed by atoms with Crippen LogP contribution in [-0.4, -0.2) is 27.4 Å². The average Bonchev–Trinajstić information content (AvgIpc) is 2.93. The molecule has 0 saturated heterocycles. The Morgan fingerprint density at radius 2 is 1.85 bits per heavy atom. The van der Waals surface area contributed by atoms with Crippen molar-refractivity contribution in [3.63, 3.8) is 0 Å². The van der Waals surface area contributed by atoms with Crippen molar-refractivity contribution in [3.05, 3.63) is 48.7 Å². The molecule has 0 spiro atoms. The molecular weight excluding hydrogens is 334 g/mol. The number of nitrogens with one attached hydrogen (secondary N) is 1. The third kappa shape index (κ3) is 3.07. The van der Waals surface area contributed by atoms with Gasteiger partial charge in [-0.2, -0.15) is 0 Å². The molecule has 1 aliphatic heterocycles. The minimum Gasteiger partial charge on any atom is -0.325 e. The van der Waals surface area contributed by atoms with Crippen molar-refractivity contribution in [2.45, 2.75) is 46.1 Å². The zero-order valence-electron chi connectivity index (χ0n) is 16.5. The fourth-order valence-corrected chi connectivity index (χ4v) is 3.54. The number of hydrogen-bond donors (Lipinski definition) is 1. The smallest absolute Gasteiger partial charge is 0.204 e. The zero-order chi connectivity index (χ0) is 19.0. The van der Waals surface area contributed by atoms with E-state index in [0.717, 1.165) is 53.8 Å². The standard InChI is InChI=1S/C22H27N5/c1-5-6-14-23-21-24-17-12-8-7-11-16(17)19-20(27(21)22(2,3)4)26-15-10-9-13-18(26)25-19/h7-13,15H,5-6,14H2,1-4H3,(H,23,24). The molecule has 2 aromatic heterocycles. The molecule has 0 saturated carbocycles. The summed E-state index contributed by atoms with van der Waals surface area (Å²) in [6.45, 7) is 9.64. The molecule has 3 aromatic rings. The van der Waals surface area contributed by atoms with E-state index in [9.17, 15) is 0 Å². The zero-order valence-corrected chi connectivity index (χ0v) is 16.5. The lowest BCUT2D eigenvalue weighted by Gasteiger charge is -2.37. The van der Waals surface area contributed by atoms with Gasteiger partial charge in [-0.05, 0) is 45.4 Å². The van der Waals surface area contributed by atoms with Gasteiger partial charge < -0.3 is 5.32 Å². The van der Waals surface area contributed by atoms with Gasteiger partial charge in [-0.15, -0.1) is 0 Å². The second-order valence-corrected chi connectivity index (χ2v) is 7.95. The van der Waals surface area contributed by atoms with E-state index in [1.165, 1.54) is 0 Å². The number of rotatable bonds is 3. The summed E-state index contributed by atoms with van der Waals surface area (Å²) in [6, 6.07) is 14.5. The van der Waals surface area contributed by atoms with Crippen LogP contribution >= 0.6 is 0 Å². The fraction of sp³-hybridized carbons (Fsp3) is 0.364. The number of nitrogens with zero attached hydrogens (tertiary/aromatic N) is 4. The van der Waals surface area contributed by atoms with Crippen LogP contribution < -0.4 is 10.2 Å². The van der Waals surface area contributed by atoms with Gasteiger partial charge in [0.15, 0.2) is 0 Å². The fourth-order valence-electron chi connectivity index (χ4n) is 3.54. The quantitative estimate of drug-likeness (QED) is 0.653. The molecule has 0 amide bonds. The lowest BCUT2D eigenvalue weighted by atomic mass is 10.1. The highest BCUT2D eigenvalue weighted by atomic mass is 15.4. The Morgan fingerprint density at radius 1 is 1.07 bits per heavy atom. The monoisotopic (exact) mass is 361 g/mol. The van der Waals surface area contributed by atoms with Crippen molar-refractivity contribution in [3.8, 4) is 11.3 Å². The molecule has 1 aromatic carbocycles. The number of imidazole rings is 1. The van der Waals surface area contributed by atoms with Crippen LogP contribution in [0.5, 0.6) is 0 Å². The van der Waals surface area contributed by atoms with Crippen LogP contribution in [0.3, 0.4) is 0 Å². The third-order valence-corrected chi connectivity index (χ3v) is 4.80. The van der Waals surface area contributed by atoms with E-state index in [2.05, 4.69) is 78.8 Å². The topological polar surface area (TPSA) is 44.9 Å². The number of anilines is 2. The summed E-state index contributed by atoms with van der Waals surface area (Å²) in [7, 11) is 0. The van der Waals surface area contributed by atoms with Gasteiger partial charge in [0, 0.05) is 23.8 Å². The summed E-state index contributed by atoms with van der Waals surface area (Å²) in [6.07, 6.45) is 4.28. The van der Waals surface area contributed by atoms with Crippen LogP contribution in [-0.2, 0) is 0 Å². The molecule has 4 rings (SSSR count). The Hall–Kier alpha value is -2.82. The first-order valence-corrected chi connectivity index (χ1v) is 9.69. The highest BCUT2D eigenvalue weighted by Crippen LogP contribution is 2.41.